The Labute approximate surface area is 193 Å². The van der Waals surface area contributed by atoms with Crippen molar-refractivity contribution in [3.63, 3.8) is 0 Å². The van der Waals surface area contributed by atoms with Gasteiger partial charge in [0.15, 0.2) is 0 Å². The lowest BCUT2D eigenvalue weighted by atomic mass is 9.59. The fourth-order valence-electron chi connectivity index (χ4n) is 5.98. The lowest BCUT2D eigenvalue weighted by Crippen LogP contribution is -2.71. The monoisotopic (exact) mass is 474 g/mol. The van der Waals surface area contributed by atoms with Crippen molar-refractivity contribution >= 4 is 23.4 Å². The third-order valence-electron chi connectivity index (χ3n) is 7.96. The minimum absolute atomic E-state index is 0.0620. The number of hydrogen-bond donors (Lipinski definition) is 4. The number of fused-ring (bicyclic) bond motifs is 3. The average molecular weight is 475 g/mol. The highest BCUT2D eigenvalue weighted by molar-refractivity contribution is 6.21. The number of nitrogens with zero attached hydrogens (tertiary/aromatic N) is 1. The number of halogens is 2. The zero-order valence-corrected chi connectivity index (χ0v) is 19.7. The fourth-order valence-corrected chi connectivity index (χ4v) is 6.20. The number of nitrogens with one attached hydrogen (secondary N) is 3. The minimum atomic E-state index is -1.10. The maximum Gasteiger partial charge on any atom is 0.246 e. The Balaban J connectivity index is 1.27. The van der Waals surface area contributed by atoms with E-state index in [1.165, 1.54) is 0 Å². The number of hydrogen-bond acceptors (Lipinski definition) is 6. The zero-order chi connectivity index (χ0) is 23.1. The van der Waals surface area contributed by atoms with E-state index in [2.05, 4.69) is 16.1 Å². The van der Waals surface area contributed by atoms with Crippen LogP contribution in [0.4, 0.5) is 4.39 Å². The van der Waals surface area contributed by atoms with E-state index in [0.717, 1.165) is 6.42 Å². The molecule has 5 rings (SSSR count). The molecule has 5 fully saturated rings. The first-order valence-corrected chi connectivity index (χ1v) is 12.2. The Morgan fingerprint density at radius 2 is 1.94 bits per heavy atom. The molecule has 2 bridgehead atoms. The van der Waals surface area contributed by atoms with Gasteiger partial charge < -0.3 is 20.5 Å². The number of carbonyl (C=O) groups is 2. The normalized spacial score (nSPS) is 44.4. The van der Waals surface area contributed by atoms with Crippen LogP contribution >= 0.6 is 11.6 Å². The van der Waals surface area contributed by atoms with Crippen molar-refractivity contribution in [3.8, 4) is 0 Å². The van der Waals surface area contributed by atoms with Crippen LogP contribution in [0.25, 0.3) is 0 Å². The lowest BCUT2D eigenvalue weighted by molar-refractivity contribution is -0.140. The Morgan fingerprint density at radius 3 is 2.53 bits per heavy atom. The first-order chi connectivity index (χ1) is 15.1. The molecule has 4 saturated carbocycles. The summed E-state index contributed by atoms with van der Waals surface area (Å²) in [7, 11) is 1.86. The molecule has 182 valence electrons. The number of aliphatic hydroxyl groups excluding tert-OH is 1. The first kappa shape index (κ1) is 24.1. The van der Waals surface area contributed by atoms with Gasteiger partial charge in [0, 0.05) is 25.0 Å². The average Bonchev–Trinajstić information content (AvgIpc) is 3.08. The molecule has 2 amide bonds. The summed E-state index contributed by atoms with van der Waals surface area (Å²) in [6.45, 7) is 1.92. The Hall–Kier alpha value is -1.00. The summed E-state index contributed by atoms with van der Waals surface area (Å²) in [5, 5.41) is 18.5. The molecule has 4 aliphatic carbocycles. The number of ether oxygens (including phenoxy) is 1. The van der Waals surface area contributed by atoms with Crippen LogP contribution in [0, 0.1) is 0 Å². The molecule has 0 aromatic heterocycles. The van der Waals surface area contributed by atoms with Gasteiger partial charge >= 0.3 is 0 Å². The largest absolute Gasteiger partial charge is 0.391 e. The quantitative estimate of drug-likeness (QED) is 0.431. The number of amides is 2. The number of rotatable bonds is 6. The third-order valence-corrected chi connectivity index (χ3v) is 8.46. The number of carbonyl (C=O) groups excluding carboxylic acids is 2. The predicted molar refractivity (Wildman–Crippen MR) is 118 cm³/mol. The van der Waals surface area contributed by atoms with E-state index in [0.29, 0.717) is 44.9 Å². The molecule has 1 aliphatic heterocycles. The third kappa shape index (κ3) is 4.92. The van der Waals surface area contributed by atoms with Gasteiger partial charge in [-0.05, 0) is 58.3 Å². The van der Waals surface area contributed by atoms with Crippen molar-refractivity contribution < 1.29 is 23.8 Å². The number of aliphatic hydroxyl groups is 1. The van der Waals surface area contributed by atoms with Crippen molar-refractivity contribution in [2.24, 2.45) is 0 Å². The molecule has 5 unspecified atom stereocenters. The van der Waals surface area contributed by atoms with Gasteiger partial charge in [0.05, 0.1) is 23.1 Å². The summed E-state index contributed by atoms with van der Waals surface area (Å²) in [5.74, 6) is -0.306. The SMILES string of the molecule is CC1CC(C(=O)NC23CCC(NC(=O)COC4CCC(Cl)C(F)C4)(CC2)C[C@@H]3O)N(C)N1. The van der Waals surface area contributed by atoms with Gasteiger partial charge in [0.2, 0.25) is 11.8 Å². The van der Waals surface area contributed by atoms with Crippen LogP contribution in [-0.4, -0.2) is 82.5 Å². The van der Waals surface area contributed by atoms with Crippen LogP contribution < -0.4 is 16.1 Å². The number of alkyl halides is 2. The van der Waals surface area contributed by atoms with Crippen molar-refractivity contribution in [3.05, 3.63) is 0 Å². The van der Waals surface area contributed by atoms with Gasteiger partial charge in [-0.3, -0.25) is 15.0 Å². The van der Waals surface area contributed by atoms with E-state index in [-0.39, 0.29) is 43.0 Å². The van der Waals surface area contributed by atoms with Crippen molar-refractivity contribution in [2.75, 3.05) is 13.7 Å². The van der Waals surface area contributed by atoms with Gasteiger partial charge in [-0.2, -0.15) is 0 Å². The molecule has 0 radical (unpaired) electrons. The van der Waals surface area contributed by atoms with Gasteiger partial charge in [-0.15, -0.1) is 11.6 Å². The molecule has 0 aromatic carbocycles. The Kier molecular flexibility index (Phi) is 7.04. The second-order valence-electron chi connectivity index (χ2n) is 10.4. The summed E-state index contributed by atoms with van der Waals surface area (Å²) < 4.78 is 19.4. The van der Waals surface area contributed by atoms with Crippen LogP contribution in [0.5, 0.6) is 0 Å². The maximum atomic E-state index is 13.8. The second-order valence-corrected chi connectivity index (χ2v) is 10.9. The van der Waals surface area contributed by atoms with E-state index in [1.807, 2.05) is 19.0 Å². The molecule has 0 spiro atoms. The smallest absolute Gasteiger partial charge is 0.246 e. The van der Waals surface area contributed by atoms with E-state index in [1.54, 1.807) is 0 Å². The van der Waals surface area contributed by atoms with Gasteiger partial charge in [0.1, 0.15) is 18.8 Å². The highest BCUT2D eigenvalue weighted by atomic mass is 35.5. The summed E-state index contributed by atoms with van der Waals surface area (Å²) in [6.07, 6.45) is 3.04. The summed E-state index contributed by atoms with van der Waals surface area (Å²) in [4.78, 5) is 25.5. The maximum absolute atomic E-state index is 13.8. The zero-order valence-electron chi connectivity index (χ0n) is 18.9. The van der Waals surface area contributed by atoms with E-state index >= 15 is 0 Å². The second kappa shape index (κ2) is 9.33. The van der Waals surface area contributed by atoms with Crippen molar-refractivity contribution in [1.82, 2.24) is 21.1 Å². The van der Waals surface area contributed by atoms with Gasteiger partial charge in [0.25, 0.3) is 0 Å². The van der Waals surface area contributed by atoms with Crippen LogP contribution in [0.15, 0.2) is 0 Å². The summed E-state index contributed by atoms with van der Waals surface area (Å²) >= 11 is 5.91. The van der Waals surface area contributed by atoms with Crippen LogP contribution in [0.1, 0.15) is 64.7 Å². The standard InChI is InChI=1S/C22H36ClFN4O4/c1-13-9-17(28(2)27-13)20(31)26-22-7-5-21(6-8-22,11-18(22)29)25-19(30)12-32-14-3-4-15(23)16(24)10-14/h13-18,27,29H,3-12H2,1-2H3,(H,25,30)(H,26,31)/t13?,14?,15?,16?,17?,18-,21?,22?/m0/s1. The van der Waals surface area contributed by atoms with E-state index in [4.69, 9.17) is 16.3 Å². The van der Waals surface area contributed by atoms with Crippen LogP contribution in [-0.2, 0) is 14.3 Å². The molecule has 10 heteroatoms. The minimum Gasteiger partial charge on any atom is -0.391 e. The van der Waals surface area contributed by atoms with E-state index in [9.17, 15) is 19.1 Å². The molecular weight excluding hydrogens is 439 g/mol. The van der Waals surface area contributed by atoms with Gasteiger partial charge in [-0.25, -0.2) is 9.40 Å². The molecule has 5 aliphatic rings. The molecule has 6 atom stereocenters. The Bertz CT molecular complexity index is 720. The van der Waals surface area contributed by atoms with Gasteiger partial charge in [-0.1, -0.05) is 0 Å². The fraction of sp³-hybridized carbons (Fsp3) is 0.909. The summed E-state index contributed by atoms with van der Waals surface area (Å²) in [5.41, 5.74) is 2.11. The molecule has 4 N–H and O–H groups in total. The highest BCUT2D eigenvalue weighted by Gasteiger charge is 2.56. The van der Waals surface area contributed by atoms with Crippen molar-refractivity contribution in [1.29, 1.82) is 0 Å². The topological polar surface area (TPSA) is 103 Å². The number of hydrazine groups is 1. The first-order valence-electron chi connectivity index (χ1n) is 11.8. The lowest BCUT2D eigenvalue weighted by Gasteiger charge is -2.56. The number of likely N-dealkylation sites (N-methyl/N-ethyl adjacent to an activating group) is 1. The molecular formula is C22H36ClFN4O4. The Morgan fingerprint density at radius 1 is 1.22 bits per heavy atom. The summed E-state index contributed by atoms with van der Waals surface area (Å²) in [6, 6.07) is -0.0171. The molecule has 32 heavy (non-hydrogen) atoms. The molecule has 8 nitrogen and oxygen atoms in total. The van der Waals surface area contributed by atoms with Crippen LogP contribution in [0.3, 0.4) is 0 Å². The highest BCUT2D eigenvalue weighted by Crippen LogP contribution is 2.47. The molecule has 0 aromatic rings. The van der Waals surface area contributed by atoms with Crippen molar-refractivity contribution in [2.45, 2.75) is 112 Å². The molecule has 1 heterocycles. The molecule has 1 saturated heterocycles. The predicted octanol–water partition coefficient (Wildman–Crippen LogP) is 1.15. The van der Waals surface area contributed by atoms with Crippen LogP contribution in [0.2, 0.25) is 0 Å². The van der Waals surface area contributed by atoms with E-state index < -0.39 is 28.7 Å².